The molecular formula is C17H14F2N2O2. The fourth-order valence-electron chi connectivity index (χ4n) is 2.54. The summed E-state index contributed by atoms with van der Waals surface area (Å²) in [6.45, 7) is 0.634. The van der Waals surface area contributed by atoms with E-state index in [1.54, 1.807) is 29.2 Å². The summed E-state index contributed by atoms with van der Waals surface area (Å²) in [7, 11) is 0. The van der Waals surface area contributed by atoms with E-state index in [1.165, 1.54) is 0 Å². The van der Waals surface area contributed by atoms with Crippen molar-refractivity contribution in [2.75, 3.05) is 16.8 Å². The molecule has 1 aliphatic heterocycles. The molecule has 1 fully saturated rings. The second kappa shape index (κ2) is 6.16. The topological polar surface area (TPSA) is 49.4 Å². The second-order valence-electron chi connectivity index (χ2n) is 5.28. The van der Waals surface area contributed by atoms with Crippen molar-refractivity contribution in [1.82, 2.24) is 0 Å². The summed E-state index contributed by atoms with van der Waals surface area (Å²) in [5.41, 5.74) is 0.716. The Bertz CT molecular complexity index is 777. The van der Waals surface area contributed by atoms with Gasteiger partial charge in [0.2, 0.25) is 5.91 Å². The maximum Gasteiger partial charge on any atom is 0.258 e. The van der Waals surface area contributed by atoms with Gasteiger partial charge in [-0.2, -0.15) is 0 Å². The predicted octanol–water partition coefficient (Wildman–Crippen LogP) is 3.34. The number of carbonyl (C=O) groups excluding carboxylic acids is 2. The molecule has 0 bridgehead atoms. The highest BCUT2D eigenvalue weighted by molar-refractivity contribution is 6.05. The van der Waals surface area contributed by atoms with E-state index >= 15 is 0 Å². The maximum absolute atomic E-state index is 13.6. The van der Waals surface area contributed by atoms with Gasteiger partial charge in [0, 0.05) is 24.3 Å². The molecule has 1 saturated heterocycles. The monoisotopic (exact) mass is 316 g/mol. The molecule has 1 heterocycles. The molecule has 2 aromatic rings. The van der Waals surface area contributed by atoms with E-state index in [0.717, 1.165) is 24.6 Å². The van der Waals surface area contributed by atoms with Crippen LogP contribution in [0, 0.1) is 11.6 Å². The molecule has 0 atom stereocenters. The quantitative estimate of drug-likeness (QED) is 0.944. The molecule has 0 radical (unpaired) electrons. The van der Waals surface area contributed by atoms with Crippen molar-refractivity contribution in [2.45, 2.75) is 12.8 Å². The van der Waals surface area contributed by atoms with Crippen LogP contribution in [0.3, 0.4) is 0 Å². The van der Waals surface area contributed by atoms with E-state index in [9.17, 15) is 18.4 Å². The van der Waals surface area contributed by atoms with Crippen LogP contribution >= 0.6 is 0 Å². The van der Waals surface area contributed by atoms with Crippen molar-refractivity contribution in [1.29, 1.82) is 0 Å². The summed E-state index contributed by atoms with van der Waals surface area (Å²) in [4.78, 5) is 25.5. The van der Waals surface area contributed by atoms with Crippen molar-refractivity contribution < 1.29 is 18.4 Å². The Kier molecular flexibility index (Phi) is 4.06. The van der Waals surface area contributed by atoms with Gasteiger partial charge in [-0.05, 0) is 42.8 Å². The Morgan fingerprint density at radius 3 is 2.70 bits per heavy atom. The Labute approximate surface area is 131 Å². The third-order valence-electron chi connectivity index (χ3n) is 3.66. The smallest absolute Gasteiger partial charge is 0.258 e. The first-order valence-corrected chi connectivity index (χ1v) is 7.21. The zero-order valence-electron chi connectivity index (χ0n) is 12.2. The number of hydrogen-bond donors (Lipinski definition) is 1. The molecule has 0 aromatic heterocycles. The van der Waals surface area contributed by atoms with Gasteiger partial charge in [-0.3, -0.25) is 9.59 Å². The number of carbonyl (C=O) groups is 2. The molecule has 3 rings (SSSR count). The first-order valence-electron chi connectivity index (χ1n) is 7.21. The molecule has 1 N–H and O–H groups in total. The Hall–Kier alpha value is -2.76. The van der Waals surface area contributed by atoms with E-state index in [1.807, 2.05) is 0 Å². The molecule has 0 spiro atoms. The Morgan fingerprint density at radius 2 is 1.96 bits per heavy atom. The zero-order chi connectivity index (χ0) is 16.4. The van der Waals surface area contributed by atoms with Crippen LogP contribution in [0.1, 0.15) is 23.2 Å². The third kappa shape index (κ3) is 3.21. The molecule has 2 aromatic carbocycles. The van der Waals surface area contributed by atoms with Crippen LogP contribution in [-0.4, -0.2) is 18.4 Å². The Balaban J connectivity index is 1.81. The number of halogens is 2. The minimum absolute atomic E-state index is 0.0321. The van der Waals surface area contributed by atoms with E-state index in [0.29, 0.717) is 24.3 Å². The van der Waals surface area contributed by atoms with Gasteiger partial charge in [0.05, 0.1) is 5.56 Å². The third-order valence-corrected chi connectivity index (χ3v) is 3.66. The van der Waals surface area contributed by atoms with Gasteiger partial charge >= 0.3 is 0 Å². The van der Waals surface area contributed by atoms with E-state index < -0.39 is 17.5 Å². The van der Waals surface area contributed by atoms with Gasteiger partial charge in [-0.1, -0.05) is 6.07 Å². The lowest BCUT2D eigenvalue weighted by Gasteiger charge is -2.16. The second-order valence-corrected chi connectivity index (χ2v) is 5.28. The number of benzene rings is 2. The number of rotatable bonds is 3. The van der Waals surface area contributed by atoms with Gasteiger partial charge in [-0.25, -0.2) is 8.78 Å². The molecule has 0 saturated carbocycles. The van der Waals surface area contributed by atoms with Crippen LogP contribution in [0.15, 0.2) is 42.5 Å². The van der Waals surface area contributed by atoms with E-state index in [4.69, 9.17) is 0 Å². The molecule has 23 heavy (non-hydrogen) atoms. The predicted molar refractivity (Wildman–Crippen MR) is 82.3 cm³/mol. The fraction of sp³-hybridized carbons (Fsp3) is 0.176. The van der Waals surface area contributed by atoms with Crippen LogP contribution in [0.2, 0.25) is 0 Å². The van der Waals surface area contributed by atoms with Gasteiger partial charge < -0.3 is 10.2 Å². The standard InChI is InChI=1S/C17H14F2N2O2/c18-11-6-7-15(19)14(9-11)17(23)20-12-3-1-4-13(10-12)21-8-2-5-16(21)22/h1,3-4,6-7,9-10H,2,5,8H2,(H,20,23). The highest BCUT2D eigenvalue weighted by Gasteiger charge is 2.22. The fourth-order valence-corrected chi connectivity index (χ4v) is 2.54. The van der Waals surface area contributed by atoms with Crippen molar-refractivity contribution >= 4 is 23.2 Å². The van der Waals surface area contributed by atoms with Crippen molar-refractivity contribution in [3.05, 3.63) is 59.7 Å². The molecule has 1 aliphatic rings. The number of nitrogens with one attached hydrogen (secondary N) is 1. The van der Waals surface area contributed by atoms with Gasteiger partial charge in [0.1, 0.15) is 11.6 Å². The van der Waals surface area contributed by atoms with Crippen LogP contribution < -0.4 is 10.2 Å². The minimum atomic E-state index is -0.797. The molecule has 4 nitrogen and oxygen atoms in total. The average molecular weight is 316 g/mol. The van der Waals surface area contributed by atoms with Crippen LogP contribution in [0.5, 0.6) is 0 Å². The molecule has 118 valence electrons. The van der Waals surface area contributed by atoms with E-state index in [-0.39, 0.29) is 11.5 Å². The first kappa shape index (κ1) is 15.1. The lowest BCUT2D eigenvalue weighted by molar-refractivity contribution is -0.117. The molecule has 2 amide bonds. The summed E-state index contributed by atoms with van der Waals surface area (Å²) in [6, 6.07) is 9.42. The van der Waals surface area contributed by atoms with Gasteiger partial charge in [-0.15, -0.1) is 0 Å². The number of amides is 2. The van der Waals surface area contributed by atoms with Crippen molar-refractivity contribution in [3.63, 3.8) is 0 Å². The molecule has 0 unspecified atom stereocenters. The summed E-state index contributed by atoms with van der Waals surface area (Å²) < 4.78 is 26.8. The lowest BCUT2D eigenvalue weighted by Crippen LogP contribution is -2.23. The van der Waals surface area contributed by atoms with Gasteiger partial charge in [0.25, 0.3) is 5.91 Å². The summed E-state index contributed by atoms with van der Waals surface area (Å²) >= 11 is 0. The summed E-state index contributed by atoms with van der Waals surface area (Å²) in [5, 5.41) is 2.52. The highest BCUT2D eigenvalue weighted by Crippen LogP contribution is 2.24. The highest BCUT2D eigenvalue weighted by atomic mass is 19.1. The zero-order valence-corrected chi connectivity index (χ0v) is 12.2. The largest absolute Gasteiger partial charge is 0.322 e. The van der Waals surface area contributed by atoms with Crippen LogP contribution in [0.4, 0.5) is 20.2 Å². The number of hydrogen-bond acceptors (Lipinski definition) is 2. The summed E-state index contributed by atoms with van der Waals surface area (Å²) in [5.74, 6) is -2.20. The molecule has 6 heteroatoms. The van der Waals surface area contributed by atoms with Crippen molar-refractivity contribution in [3.8, 4) is 0 Å². The summed E-state index contributed by atoms with van der Waals surface area (Å²) in [6.07, 6.45) is 1.30. The average Bonchev–Trinajstić information content (AvgIpc) is 2.96. The minimum Gasteiger partial charge on any atom is -0.322 e. The van der Waals surface area contributed by atoms with Crippen LogP contribution in [-0.2, 0) is 4.79 Å². The first-order chi connectivity index (χ1) is 11.0. The SMILES string of the molecule is O=C(Nc1cccc(N2CCCC2=O)c1)c1cc(F)ccc1F. The van der Waals surface area contributed by atoms with E-state index in [2.05, 4.69) is 5.32 Å². The number of anilines is 2. The van der Waals surface area contributed by atoms with Gasteiger partial charge in [0.15, 0.2) is 0 Å². The van der Waals surface area contributed by atoms with Crippen molar-refractivity contribution in [2.24, 2.45) is 0 Å². The number of nitrogens with zero attached hydrogens (tertiary/aromatic N) is 1. The van der Waals surface area contributed by atoms with Crippen LogP contribution in [0.25, 0.3) is 0 Å². The molecular weight excluding hydrogens is 302 g/mol. The Morgan fingerprint density at radius 1 is 1.13 bits per heavy atom. The normalized spacial score (nSPS) is 14.2. The maximum atomic E-state index is 13.6. The lowest BCUT2D eigenvalue weighted by atomic mass is 10.2. The molecule has 0 aliphatic carbocycles.